The van der Waals surface area contributed by atoms with Gasteiger partial charge in [-0.2, -0.15) is 9.89 Å². The molecule has 1 fully saturated rings. The Morgan fingerprint density at radius 2 is 1.83 bits per heavy atom. The summed E-state index contributed by atoms with van der Waals surface area (Å²) >= 11 is 6.58. The third-order valence-electron chi connectivity index (χ3n) is 6.15. The van der Waals surface area contributed by atoms with E-state index in [9.17, 15) is 9.59 Å². The van der Waals surface area contributed by atoms with Gasteiger partial charge in [0.2, 0.25) is 0 Å². The number of halogens is 1. The number of aromatic nitrogens is 3. The number of nitrogens with two attached hydrogens (primary N) is 1. The second kappa shape index (κ2) is 9.42. The Kier molecular flexibility index (Phi) is 6.17. The molecule has 1 aliphatic heterocycles. The van der Waals surface area contributed by atoms with Gasteiger partial charge in [-0.3, -0.25) is 4.79 Å². The molecule has 3 heterocycles. The first kappa shape index (κ1) is 22.9. The maximum Gasteiger partial charge on any atom is 0.409 e. The minimum absolute atomic E-state index is 0.103. The van der Waals surface area contributed by atoms with Crippen molar-refractivity contribution in [3.63, 3.8) is 0 Å². The number of hydrogen-bond acceptors (Lipinski definition) is 6. The summed E-state index contributed by atoms with van der Waals surface area (Å²) in [7, 11) is 0. The van der Waals surface area contributed by atoms with Crippen molar-refractivity contribution in [2.24, 2.45) is 0 Å². The maximum atomic E-state index is 13.2. The van der Waals surface area contributed by atoms with Gasteiger partial charge in [-0.1, -0.05) is 30.7 Å². The lowest BCUT2D eigenvalue weighted by Gasteiger charge is -2.34. The van der Waals surface area contributed by atoms with E-state index in [1.807, 2.05) is 37.3 Å². The van der Waals surface area contributed by atoms with Crippen LogP contribution in [0.3, 0.4) is 0 Å². The van der Waals surface area contributed by atoms with E-state index in [0.717, 1.165) is 28.3 Å². The number of benzene rings is 2. The number of rotatable bonds is 4. The highest BCUT2D eigenvalue weighted by Crippen LogP contribution is 2.30. The standard InChI is InChI=1S/C25H25ClN6O3/c1-2-11-35-25(34)31-9-7-30(8-10-31)24(33)17-3-5-19-20(26)14-21(29-22(19)13-17)16-4-6-23-18(12-16)15-28-32(23)27/h3-6,12-15H,2,7-11,27H2,1H3. The van der Waals surface area contributed by atoms with Crippen molar-refractivity contribution in [2.75, 3.05) is 38.6 Å². The molecule has 0 radical (unpaired) electrons. The van der Waals surface area contributed by atoms with Gasteiger partial charge in [0.15, 0.2) is 0 Å². The zero-order valence-corrected chi connectivity index (χ0v) is 20.0. The largest absolute Gasteiger partial charge is 0.449 e. The van der Waals surface area contributed by atoms with E-state index in [4.69, 9.17) is 27.2 Å². The number of carbonyl (C=O) groups is 2. The highest BCUT2D eigenvalue weighted by molar-refractivity contribution is 6.35. The Hall–Kier alpha value is -3.85. The van der Waals surface area contributed by atoms with Crippen molar-refractivity contribution in [3.05, 3.63) is 59.2 Å². The molecule has 2 N–H and O–H groups in total. The van der Waals surface area contributed by atoms with Crippen molar-refractivity contribution in [3.8, 4) is 11.3 Å². The molecule has 10 heteroatoms. The zero-order valence-electron chi connectivity index (χ0n) is 19.3. The van der Waals surface area contributed by atoms with Crippen molar-refractivity contribution < 1.29 is 14.3 Å². The molecule has 1 saturated heterocycles. The van der Waals surface area contributed by atoms with E-state index < -0.39 is 0 Å². The quantitative estimate of drug-likeness (QED) is 0.433. The predicted molar refractivity (Wildman–Crippen MR) is 135 cm³/mol. The topological polar surface area (TPSA) is 107 Å². The number of amides is 2. The summed E-state index contributed by atoms with van der Waals surface area (Å²) in [6.45, 7) is 4.13. The zero-order chi connectivity index (χ0) is 24.5. The summed E-state index contributed by atoms with van der Waals surface area (Å²) < 4.78 is 5.19. The summed E-state index contributed by atoms with van der Waals surface area (Å²) in [4.78, 5) is 34.8. The molecule has 5 rings (SSSR count). The molecule has 180 valence electrons. The number of carbonyl (C=O) groups excluding carboxylic acids is 2. The van der Waals surface area contributed by atoms with Gasteiger partial charge in [-0.15, -0.1) is 0 Å². The van der Waals surface area contributed by atoms with Gasteiger partial charge in [0.1, 0.15) is 0 Å². The maximum absolute atomic E-state index is 13.2. The average molecular weight is 493 g/mol. The molecule has 2 aromatic heterocycles. The number of hydrogen-bond donors (Lipinski definition) is 1. The highest BCUT2D eigenvalue weighted by atomic mass is 35.5. The van der Waals surface area contributed by atoms with Gasteiger partial charge in [0.25, 0.3) is 5.91 Å². The average Bonchev–Trinajstić information content (AvgIpc) is 3.26. The van der Waals surface area contributed by atoms with Gasteiger partial charge in [-0.05, 0) is 36.8 Å². The van der Waals surface area contributed by atoms with Gasteiger partial charge in [0.05, 0.1) is 34.6 Å². The molecule has 1 aliphatic rings. The van der Waals surface area contributed by atoms with Gasteiger partial charge < -0.3 is 20.4 Å². The number of pyridine rings is 1. The second-order valence-corrected chi connectivity index (χ2v) is 8.88. The number of piperazine rings is 1. The lowest BCUT2D eigenvalue weighted by atomic mass is 10.1. The SMILES string of the molecule is CCCOC(=O)N1CCN(C(=O)c2ccc3c(Cl)cc(-c4ccc5c(cnn5N)c4)nc3c2)CC1. The van der Waals surface area contributed by atoms with E-state index in [1.54, 1.807) is 28.1 Å². The summed E-state index contributed by atoms with van der Waals surface area (Å²) in [5.41, 5.74) is 3.54. The fourth-order valence-electron chi connectivity index (χ4n) is 4.23. The number of ether oxygens (including phenoxy) is 1. The molecular weight excluding hydrogens is 468 g/mol. The Labute approximate surface area is 207 Å². The van der Waals surface area contributed by atoms with Gasteiger partial charge in [-0.25, -0.2) is 9.78 Å². The molecular formula is C25H25ClN6O3. The first-order valence-corrected chi connectivity index (χ1v) is 11.9. The van der Waals surface area contributed by atoms with E-state index >= 15 is 0 Å². The van der Waals surface area contributed by atoms with Gasteiger partial charge in [0, 0.05) is 48.1 Å². The lowest BCUT2D eigenvalue weighted by molar-refractivity contribution is 0.0560. The van der Waals surface area contributed by atoms with Crippen LogP contribution in [-0.4, -0.2) is 69.5 Å². The summed E-state index contributed by atoms with van der Waals surface area (Å²) in [5.74, 6) is 5.72. The lowest BCUT2D eigenvalue weighted by Crippen LogP contribution is -2.50. The molecule has 9 nitrogen and oxygen atoms in total. The van der Waals surface area contributed by atoms with Gasteiger partial charge >= 0.3 is 6.09 Å². The summed E-state index contributed by atoms with van der Waals surface area (Å²) in [6, 6.07) is 12.9. The van der Waals surface area contributed by atoms with Crippen LogP contribution in [0, 0.1) is 0 Å². The van der Waals surface area contributed by atoms with E-state index in [-0.39, 0.29) is 12.0 Å². The fourth-order valence-corrected chi connectivity index (χ4v) is 4.50. The molecule has 0 unspecified atom stereocenters. The molecule has 0 spiro atoms. The third-order valence-corrected chi connectivity index (χ3v) is 6.47. The predicted octanol–water partition coefficient (Wildman–Crippen LogP) is 3.92. The molecule has 0 saturated carbocycles. The summed E-state index contributed by atoms with van der Waals surface area (Å²) in [5, 5.41) is 6.29. The van der Waals surface area contributed by atoms with Crippen LogP contribution in [0.4, 0.5) is 4.79 Å². The van der Waals surface area contributed by atoms with Crippen molar-refractivity contribution in [1.82, 2.24) is 24.7 Å². The molecule has 4 aromatic rings. The van der Waals surface area contributed by atoms with Crippen LogP contribution in [0.2, 0.25) is 5.02 Å². The molecule has 35 heavy (non-hydrogen) atoms. The monoisotopic (exact) mass is 492 g/mol. The number of nitrogen functional groups attached to an aromatic ring is 1. The molecule has 0 bridgehead atoms. The number of nitrogens with zero attached hydrogens (tertiary/aromatic N) is 5. The minimum atomic E-state index is -0.326. The summed E-state index contributed by atoms with van der Waals surface area (Å²) in [6.07, 6.45) is 2.15. The van der Waals surface area contributed by atoms with Crippen molar-refractivity contribution >= 4 is 45.4 Å². The molecule has 0 aliphatic carbocycles. The first-order chi connectivity index (χ1) is 16.9. The van der Waals surface area contributed by atoms with Crippen LogP contribution in [0.1, 0.15) is 23.7 Å². The van der Waals surface area contributed by atoms with Crippen LogP contribution in [0.25, 0.3) is 33.1 Å². The molecule has 2 amide bonds. The second-order valence-electron chi connectivity index (χ2n) is 8.48. The Morgan fingerprint density at radius 3 is 2.60 bits per heavy atom. The van der Waals surface area contributed by atoms with E-state index in [2.05, 4.69) is 5.10 Å². The molecule has 0 atom stereocenters. The van der Waals surface area contributed by atoms with Crippen LogP contribution in [-0.2, 0) is 4.74 Å². The van der Waals surface area contributed by atoms with Crippen molar-refractivity contribution in [2.45, 2.75) is 13.3 Å². The van der Waals surface area contributed by atoms with E-state index in [1.165, 1.54) is 4.79 Å². The fraction of sp³-hybridized carbons (Fsp3) is 0.280. The number of fused-ring (bicyclic) bond motifs is 2. The van der Waals surface area contributed by atoms with Crippen LogP contribution >= 0.6 is 11.6 Å². The smallest absolute Gasteiger partial charge is 0.409 e. The Balaban J connectivity index is 1.38. The minimum Gasteiger partial charge on any atom is -0.449 e. The Bertz CT molecular complexity index is 1430. The van der Waals surface area contributed by atoms with Crippen LogP contribution in [0.15, 0.2) is 48.7 Å². The highest BCUT2D eigenvalue weighted by Gasteiger charge is 2.26. The van der Waals surface area contributed by atoms with E-state index in [0.29, 0.717) is 54.6 Å². The molecule has 2 aromatic carbocycles. The normalized spacial score (nSPS) is 14.0. The third kappa shape index (κ3) is 4.46. The van der Waals surface area contributed by atoms with Crippen molar-refractivity contribution in [1.29, 1.82) is 0 Å². The van der Waals surface area contributed by atoms with Crippen LogP contribution in [0.5, 0.6) is 0 Å². The first-order valence-electron chi connectivity index (χ1n) is 11.5. The van der Waals surface area contributed by atoms with Crippen LogP contribution < -0.4 is 5.84 Å². The Morgan fingerprint density at radius 1 is 1.06 bits per heavy atom.